The van der Waals surface area contributed by atoms with Crippen molar-refractivity contribution in [1.29, 1.82) is 0 Å². The molecule has 1 aliphatic heterocycles. The molecule has 2 amide bonds. The molecule has 0 saturated carbocycles. The van der Waals surface area contributed by atoms with Gasteiger partial charge in [-0.15, -0.1) is 0 Å². The zero-order valence-electron chi connectivity index (χ0n) is 20.3. The minimum Gasteiger partial charge on any atom is -0.331 e. The molecule has 4 N–H and O–H groups in total. The molecule has 0 fully saturated rings. The van der Waals surface area contributed by atoms with Gasteiger partial charge in [-0.05, 0) is 92.0 Å². The molecule has 9 nitrogen and oxygen atoms in total. The number of nitrogens with zero attached hydrogens (tertiary/aromatic N) is 3. The summed E-state index contributed by atoms with van der Waals surface area (Å²) in [6.07, 6.45) is 1.28. The Hall–Kier alpha value is -4.62. The van der Waals surface area contributed by atoms with Crippen LogP contribution in [0.4, 0.5) is 20.2 Å². The lowest BCUT2D eigenvalue weighted by atomic mass is 10.1. The molecular formula is C26H21F2N7O2S2. The van der Waals surface area contributed by atoms with Gasteiger partial charge in [0, 0.05) is 11.4 Å². The summed E-state index contributed by atoms with van der Waals surface area (Å²) in [5.41, 5.74) is 7.04. The van der Waals surface area contributed by atoms with Gasteiger partial charge in [-0.1, -0.05) is 12.1 Å². The van der Waals surface area contributed by atoms with Crippen LogP contribution in [-0.2, 0) is 0 Å². The number of anilines is 2. The van der Waals surface area contributed by atoms with Crippen molar-refractivity contribution in [2.24, 2.45) is 10.2 Å². The fourth-order valence-electron chi connectivity index (χ4n) is 3.58. The molecule has 3 aromatic rings. The van der Waals surface area contributed by atoms with Crippen molar-refractivity contribution in [3.63, 3.8) is 0 Å². The summed E-state index contributed by atoms with van der Waals surface area (Å²) in [4.78, 5) is 27.1. The van der Waals surface area contributed by atoms with E-state index in [9.17, 15) is 18.4 Å². The molecule has 0 spiro atoms. The molecule has 1 aliphatic rings. The van der Waals surface area contributed by atoms with E-state index in [1.807, 2.05) is 0 Å². The smallest absolute Gasteiger partial charge is 0.262 e. The first-order valence-corrected chi connectivity index (χ1v) is 12.3. The average molecular weight is 566 g/mol. The predicted octanol–water partition coefficient (Wildman–Crippen LogP) is 4.26. The number of carbonyl (C=O) groups is 2. The van der Waals surface area contributed by atoms with Crippen molar-refractivity contribution in [3.05, 3.63) is 95.6 Å². The van der Waals surface area contributed by atoms with Crippen molar-refractivity contribution >= 4 is 69.8 Å². The summed E-state index contributed by atoms with van der Waals surface area (Å²) in [5, 5.41) is 14.2. The molecule has 0 bridgehead atoms. The van der Waals surface area contributed by atoms with Crippen LogP contribution >= 0.6 is 24.4 Å². The Morgan fingerprint density at radius 3 is 1.74 bits per heavy atom. The summed E-state index contributed by atoms with van der Waals surface area (Å²) in [7, 11) is 0. The Morgan fingerprint density at radius 2 is 1.26 bits per heavy atom. The third-order valence-corrected chi connectivity index (χ3v) is 5.88. The third-order valence-electron chi connectivity index (χ3n) is 5.49. The lowest BCUT2D eigenvalue weighted by molar-refractivity contribution is 0.0636. The van der Waals surface area contributed by atoms with Crippen LogP contribution in [0.3, 0.4) is 0 Å². The molecule has 1 heterocycles. The standard InChI is InChI=1S/C26H21F2N7O2S2/c1-15(35-23(36)20-4-2-3-5-21(20)24(35)37)22(32-34-26(39)31-19-12-8-17(28)9-13-19)14-29-33-25(38)30-18-10-6-16(27)7-11-18/h2-15H,1H3,(H2,30,33,38)(H2,31,34,39)/b29-14-,32-22-. The van der Waals surface area contributed by atoms with Gasteiger partial charge in [-0.2, -0.15) is 10.2 Å². The number of benzene rings is 3. The molecular weight excluding hydrogens is 544 g/mol. The minimum absolute atomic E-state index is 0.0727. The Morgan fingerprint density at radius 1 is 0.795 bits per heavy atom. The first kappa shape index (κ1) is 27.4. The van der Waals surface area contributed by atoms with E-state index in [0.29, 0.717) is 11.4 Å². The maximum absolute atomic E-state index is 13.2. The van der Waals surface area contributed by atoms with Gasteiger partial charge in [-0.25, -0.2) is 8.78 Å². The lowest BCUT2D eigenvalue weighted by Crippen LogP contribution is -2.44. The Bertz CT molecular complexity index is 1440. The van der Waals surface area contributed by atoms with Gasteiger partial charge in [-0.3, -0.25) is 25.3 Å². The third kappa shape index (κ3) is 6.83. The van der Waals surface area contributed by atoms with Crippen LogP contribution in [0, 0.1) is 11.6 Å². The number of fused-ring (bicyclic) bond motifs is 1. The zero-order valence-corrected chi connectivity index (χ0v) is 21.9. The Labute approximate surface area is 233 Å². The number of amides is 2. The molecule has 0 aromatic heterocycles. The number of hydrogen-bond acceptors (Lipinski definition) is 6. The van der Waals surface area contributed by atoms with Crippen molar-refractivity contribution in [2.75, 3.05) is 10.6 Å². The highest BCUT2D eigenvalue weighted by atomic mass is 32.1. The summed E-state index contributed by atoms with van der Waals surface area (Å²) in [5.74, 6) is -1.74. The van der Waals surface area contributed by atoms with Crippen molar-refractivity contribution in [3.8, 4) is 0 Å². The van der Waals surface area contributed by atoms with Crippen LogP contribution in [0.2, 0.25) is 0 Å². The van der Waals surface area contributed by atoms with Gasteiger partial charge >= 0.3 is 0 Å². The van der Waals surface area contributed by atoms with Gasteiger partial charge in [0.25, 0.3) is 11.8 Å². The van der Waals surface area contributed by atoms with Crippen LogP contribution in [0.5, 0.6) is 0 Å². The number of hydrogen-bond donors (Lipinski definition) is 4. The van der Waals surface area contributed by atoms with Gasteiger partial charge in [0.2, 0.25) is 0 Å². The normalized spacial score (nSPS) is 13.7. The molecule has 13 heteroatoms. The molecule has 0 saturated heterocycles. The van der Waals surface area contributed by atoms with Crippen LogP contribution in [0.25, 0.3) is 0 Å². The molecule has 0 radical (unpaired) electrons. The van der Waals surface area contributed by atoms with Crippen LogP contribution < -0.4 is 21.5 Å². The van der Waals surface area contributed by atoms with E-state index in [4.69, 9.17) is 24.4 Å². The lowest BCUT2D eigenvalue weighted by Gasteiger charge is -2.22. The summed E-state index contributed by atoms with van der Waals surface area (Å²) >= 11 is 10.5. The maximum atomic E-state index is 13.2. The van der Waals surface area contributed by atoms with Crippen LogP contribution in [-0.4, -0.2) is 44.9 Å². The van der Waals surface area contributed by atoms with Gasteiger partial charge in [0.1, 0.15) is 17.3 Å². The van der Waals surface area contributed by atoms with E-state index in [2.05, 4.69) is 31.7 Å². The van der Waals surface area contributed by atoms with Crippen molar-refractivity contribution in [1.82, 2.24) is 15.8 Å². The molecule has 4 rings (SSSR count). The highest BCUT2D eigenvalue weighted by Gasteiger charge is 2.39. The van der Waals surface area contributed by atoms with Crippen molar-refractivity contribution in [2.45, 2.75) is 13.0 Å². The largest absolute Gasteiger partial charge is 0.331 e. The van der Waals surface area contributed by atoms with E-state index in [0.717, 1.165) is 4.90 Å². The molecule has 198 valence electrons. The topological polar surface area (TPSA) is 110 Å². The Kier molecular flexibility index (Phi) is 8.63. The van der Waals surface area contributed by atoms with Crippen molar-refractivity contribution < 1.29 is 18.4 Å². The maximum Gasteiger partial charge on any atom is 0.262 e. The Balaban J connectivity index is 1.50. The number of halogens is 2. The SMILES string of the molecule is CC(C(/C=N\NC(=S)Nc1ccc(F)cc1)=N\NC(=S)Nc1ccc(F)cc1)N1C(=O)c2ccccc2C1=O. The molecule has 3 aromatic carbocycles. The number of imide groups is 1. The van der Waals surface area contributed by atoms with Gasteiger partial charge in [0.15, 0.2) is 10.2 Å². The van der Waals surface area contributed by atoms with Crippen LogP contribution in [0.15, 0.2) is 83.0 Å². The van der Waals surface area contributed by atoms with E-state index >= 15 is 0 Å². The predicted molar refractivity (Wildman–Crippen MR) is 154 cm³/mol. The summed E-state index contributed by atoms with van der Waals surface area (Å²) in [6.45, 7) is 1.61. The number of thiocarbonyl (C=S) groups is 2. The highest BCUT2D eigenvalue weighted by Crippen LogP contribution is 2.24. The minimum atomic E-state index is -0.859. The van der Waals surface area contributed by atoms with Gasteiger partial charge in [0.05, 0.1) is 23.4 Å². The average Bonchev–Trinajstić information content (AvgIpc) is 3.18. The number of hydrazone groups is 2. The van der Waals surface area contributed by atoms with Crippen LogP contribution in [0.1, 0.15) is 27.6 Å². The second-order valence-electron chi connectivity index (χ2n) is 8.14. The quantitative estimate of drug-likeness (QED) is 0.146. The fraction of sp³-hybridized carbons (Fsp3) is 0.0769. The highest BCUT2D eigenvalue weighted by molar-refractivity contribution is 7.80. The number of carbonyl (C=O) groups excluding carboxylic acids is 2. The number of nitrogens with one attached hydrogen (secondary N) is 4. The first-order valence-electron chi connectivity index (χ1n) is 11.5. The molecule has 1 unspecified atom stereocenters. The fourth-order valence-corrected chi connectivity index (χ4v) is 3.91. The van der Waals surface area contributed by atoms with Gasteiger partial charge < -0.3 is 10.6 Å². The second kappa shape index (κ2) is 12.3. The molecule has 1 atom stereocenters. The van der Waals surface area contributed by atoms with E-state index in [1.165, 1.54) is 54.7 Å². The number of rotatable bonds is 7. The molecule has 0 aliphatic carbocycles. The second-order valence-corrected chi connectivity index (χ2v) is 8.96. The first-order chi connectivity index (χ1) is 18.7. The van der Waals surface area contributed by atoms with E-state index in [1.54, 1.807) is 31.2 Å². The monoisotopic (exact) mass is 565 g/mol. The summed E-state index contributed by atoms with van der Waals surface area (Å²) in [6, 6.07) is 16.7. The van der Waals surface area contributed by atoms with E-state index < -0.39 is 23.7 Å². The van der Waals surface area contributed by atoms with E-state index in [-0.39, 0.29) is 32.9 Å². The molecule has 39 heavy (non-hydrogen) atoms. The summed E-state index contributed by atoms with van der Waals surface area (Å²) < 4.78 is 26.3. The zero-order chi connectivity index (χ0) is 27.9.